The number of likely N-dealkylation sites (tertiary alicyclic amines) is 1. The molecule has 2 aromatic carbocycles. The first-order chi connectivity index (χ1) is 13.3. The number of fused-ring (bicyclic) bond motifs is 1. The Hall–Kier alpha value is -2.79. The maximum absolute atomic E-state index is 13.2. The van der Waals surface area contributed by atoms with Crippen LogP contribution < -0.4 is 0 Å². The van der Waals surface area contributed by atoms with E-state index in [9.17, 15) is 4.79 Å². The summed E-state index contributed by atoms with van der Waals surface area (Å²) in [6.45, 7) is 1.64. The number of hydrogen-bond acceptors (Lipinski definition) is 4. The molecule has 0 atom stereocenters. The second kappa shape index (κ2) is 7.84. The Labute approximate surface area is 158 Å². The molecule has 0 radical (unpaired) electrons. The number of aliphatic hydroxyl groups is 1. The minimum absolute atomic E-state index is 0.0340. The summed E-state index contributed by atoms with van der Waals surface area (Å²) in [5.41, 5.74) is 2.16. The van der Waals surface area contributed by atoms with Crippen LogP contribution in [0.25, 0.3) is 22.3 Å². The molecule has 138 valence electrons. The van der Waals surface area contributed by atoms with Gasteiger partial charge in [0.15, 0.2) is 5.82 Å². The number of carbonyl (C=O) groups excluding carboxylic acids is 1. The Morgan fingerprint density at radius 1 is 1.00 bits per heavy atom. The molecular weight excluding hydrogens is 338 g/mol. The molecule has 0 bridgehead atoms. The highest BCUT2D eigenvalue weighted by atomic mass is 16.3. The van der Waals surface area contributed by atoms with E-state index >= 15 is 0 Å². The monoisotopic (exact) mass is 361 g/mol. The van der Waals surface area contributed by atoms with Crippen LogP contribution in [0.5, 0.6) is 0 Å². The summed E-state index contributed by atoms with van der Waals surface area (Å²) in [6, 6.07) is 17.4. The number of piperidine rings is 1. The van der Waals surface area contributed by atoms with E-state index < -0.39 is 0 Å². The van der Waals surface area contributed by atoms with Gasteiger partial charge in [0.2, 0.25) is 0 Å². The van der Waals surface area contributed by atoms with Crippen molar-refractivity contribution in [3.8, 4) is 11.4 Å². The van der Waals surface area contributed by atoms with Crippen molar-refractivity contribution in [3.63, 3.8) is 0 Å². The third-order valence-electron chi connectivity index (χ3n) is 5.28. The molecule has 1 N–H and O–H groups in total. The summed E-state index contributed by atoms with van der Waals surface area (Å²) in [5, 5.41) is 9.92. The Morgan fingerprint density at radius 2 is 1.70 bits per heavy atom. The first-order valence-corrected chi connectivity index (χ1v) is 9.48. The highest BCUT2D eigenvalue weighted by molar-refractivity contribution is 6.04. The van der Waals surface area contributed by atoms with Gasteiger partial charge in [-0.25, -0.2) is 9.97 Å². The number of hydrogen-bond donors (Lipinski definition) is 1. The highest BCUT2D eigenvalue weighted by Crippen LogP contribution is 2.25. The summed E-state index contributed by atoms with van der Waals surface area (Å²) in [7, 11) is 0. The number of nitrogens with zero attached hydrogens (tertiary/aromatic N) is 3. The van der Waals surface area contributed by atoms with Crippen molar-refractivity contribution in [1.29, 1.82) is 0 Å². The smallest absolute Gasteiger partial charge is 0.273 e. The number of carbonyl (C=O) groups is 1. The minimum atomic E-state index is -0.0340. The number of rotatable bonds is 4. The van der Waals surface area contributed by atoms with Crippen LogP contribution in [0.15, 0.2) is 54.6 Å². The average molecular weight is 361 g/mol. The molecule has 0 saturated carbocycles. The third kappa shape index (κ3) is 3.69. The van der Waals surface area contributed by atoms with Gasteiger partial charge in [0.25, 0.3) is 5.91 Å². The summed E-state index contributed by atoms with van der Waals surface area (Å²) < 4.78 is 0. The van der Waals surface area contributed by atoms with Gasteiger partial charge in [-0.1, -0.05) is 48.5 Å². The first-order valence-electron chi connectivity index (χ1n) is 9.48. The van der Waals surface area contributed by atoms with E-state index in [0.29, 0.717) is 30.5 Å². The van der Waals surface area contributed by atoms with Crippen molar-refractivity contribution in [1.82, 2.24) is 14.9 Å². The lowest BCUT2D eigenvalue weighted by Crippen LogP contribution is -2.39. The molecule has 1 fully saturated rings. The summed E-state index contributed by atoms with van der Waals surface area (Å²) in [5.74, 6) is 1.04. The molecule has 0 aliphatic carbocycles. The van der Waals surface area contributed by atoms with E-state index in [1.807, 2.05) is 59.5 Å². The van der Waals surface area contributed by atoms with Crippen molar-refractivity contribution in [2.45, 2.75) is 19.3 Å². The number of amides is 1. The molecule has 1 aliphatic heterocycles. The zero-order valence-corrected chi connectivity index (χ0v) is 15.2. The number of benzene rings is 2. The van der Waals surface area contributed by atoms with Crippen LogP contribution >= 0.6 is 0 Å². The van der Waals surface area contributed by atoms with Gasteiger partial charge in [0, 0.05) is 30.6 Å². The number of para-hydroxylation sites is 1. The van der Waals surface area contributed by atoms with Crippen LogP contribution in [0.3, 0.4) is 0 Å². The largest absolute Gasteiger partial charge is 0.396 e. The maximum atomic E-state index is 13.2. The number of aliphatic hydroxyl groups excluding tert-OH is 1. The third-order valence-corrected chi connectivity index (χ3v) is 5.28. The van der Waals surface area contributed by atoms with Crippen LogP contribution in [0.2, 0.25) is 0 Å². The topological polar surface area (TPSA) is 66.3 Å². The summed E-state index contributed by atoms with van der Waals surface area (Å²) in [6.07, 6.45) is 2.68. The molecule has 5 heteroatoms. The van der Waals surface area contributed by atoms with Gasteiger partial charge in [0.1, 0.15) is 5.69 Å². The fourth-order valence-electron chi connectivity index (χ4n) is 3.71. The predicted octanol–water partition coefficient (Wildman–Crippen LogP) is 3.53. The van der Waals surface area contributed by atoms with E-state index in [4.69, 9.17) is 5.11 Å². The molecular formula is C22H23N3O2. The average Bonchev–Trinajstić information content (AvgIpc) is 2.74. The van der Waals surface area contributed by atoms with Crippen LogP contribution in [0.1, 0.15) is 29.8 Å². The Morgan fingerprint density at radius 3 is 2.44 bits per heavy atom. The molecule has 1 saturated heterocycles. The van der Waals surface area contributed by atoms with Gasteiger partial charge in [0.05, 0.1) is 5.52 Å². The quantitative estimate of drug-likeness (QED) is 0.772. The lowest BCUT2D eigenvalue weighted by molar-refractivity contribution is 0.0674. The molecule has 27 heavy (non-hydrogen) atoms. The summed E-state index contributed by atoms with van der Waals surface area (Å²) in [4.78, 5) is 24.5. The van der Waals surface area contributed by atoms with E-state index in [1.165, 1.54) is 0 Å². The molecule has 3 aromatic rings. The normalized spacial score (nSPS) is 15.2. The molecule has 5 nitrogen and oxygen atoms in total. The van der Waals surface area contributed by atoms with Gasteiger partial charge >= 0.3 is 0 Å². The molecule has 1 amide bonds. The standard InChI is InChI=1S/C22H23N3O2/c26-15-12-16-10-13-25(14-11-16)22(27)20-18-8-4-5-9-19(18)23-21(24-20)17-6-2-1-3-7-17/h1-9,16,26H,10-15H2. The lowest BCUT2D eigenvalue weighted by atomic mass is 9.93. The predicted molar refractivity (Wildman–Crippen MR) is 105 cm³/mol. The maximum Gasteiger partial charge on any atom is 0.273 e. The van der Waals surface area contributed by atoms with Crippen LogP contribution in [0, 0.1) is 5.92 Å². The zero-order chi connectivity index (χ0) is 18.6. The Kier molecular flexibility index (Phi) is 5.12. The number of aromatic nitrogens is 2. The fourth-order valence-corrected chi connectivity index (χ4v) is 3.71. The lowest BCUT2D eigenvalue weighted by Gasteiger charge is -2.31. The Balaban J connectivity index is 1.69. The zero-order valence-electron chi connectivity index (χ0n) is 15.2. The van der Waals surface area contributed by atoms with Crippen molar-refractivity contribution in [3.05, 3.63) is 60.3 Å². The van der Waals surface area contributed by atoms with Crippen molar-refractivity contribution >= 4 is 16.8 Å². The van der Waals surface area contributed by atoms with Gasteiger partial charge in [-0.05, 0) is 31.2 Å². The van der Waals surface area contributed by atoms with Gasteiger partial charge in [-0.3, -0.25) is 4.79 Å². The molecule has 1 aromatic heterocycles. The minimum Gasteiger partial charge on any atom is -0.396 e. The summed E-state index contributed by atoms with van der Waals surface area (Å²) >= 11 is 0. The van der Waals surface area contributed by atoms with E-state index in [1.54, 1.807) is 0 Å². The van der Waals surface area contributed by atoms with Gasteiger partial charge in [-0.2, -0.15) is 0 Å². The fraction of sp³-hybridized carbons (Fsp3) is 0.318. The van der Waals surface area contributed by atoms with Gasteiger partial charge in [-0.15, -0.1) is 0 Å². The molecule has 4 rings (SSSR count). The molecule has 0 spiro atoms. The van der Waals surface area contributed by atoms with Crippen LogP contribution in [-0.2, 0) is 0 Å². The Bertz CT molecular complexity index is 935. The van der Waals surface area contributed by atoms with Crippen molar-refractivity contribution in [2.75, 3.05) is 19.7 Å². The molecule has 1 aliphatic rings. The van der Waals surface area contributed by atoms with E-state index in [2.05, 4.69) is 9.97 Å². The highest BCUT2D eigenvalue weighted by Gasteiger charge is 2.26. The second-order valence-electron chi connectivity index (χ2n) is 7.03. The SMILES string of the molecule is O=C(c1nc(-c2ccccc2)nc2ccccc12)N1CCC(CCO)CC1. The second-order valence-corrected chi connectivity index (χ2v) is 7.03. The van der Waals surface area contributed by atoms with Gasteiger partial charge < -0.3 is 10.0 Å². The first kappa shape index (κ1) is 17.6. The van der Waals surface area contributed by atoms with Crippen molar-refractivity contribution < 1.29 is 9.90 Å². The van der Waals surface area contributed by atoms with Crippen molar-refractivity contribution in [2.24, 2.45) is 5.92 Å². The molecule has 2 heterocycles. The van der Waals surface area contributed by atoms with E-state index in [0.717, 1.165) is 35.7 Å². The van der Waals surface area contributed by atoms with E-state index in [-0.39, 0.29) is 12.5 Å². The van der Waals surface area contributed by atoms with Crippen LogP contribution in [-0.4, -0.2) is 45.6 Å². The molecule has 0 unspecified atom stereocenters. The van der Waals surface area contributed by atoms with Crippen LogP contribution in [0.4, 0.5) is 0 Å².